The molecule has 2 aromatic carbocycles. The van der Waals surface area contributed by atoms with E-state index in [9.17, 15) is 8.78 Å². The molecule has 0 bridgehead atoms. The first-order chi connectivity index (χ1) is 10.1. The molecule has 2 rings (SSSR count). The summed E-state index contributed by atoms with van der Waals surface area (Å²) < 4.78 is 32.7. The Hall–Kier alpha value is -1.94. The van der Waals surface area contributed by atoms with E-state index in [1.807, 2.05) is 6.92 Å². The topological polar surface area (TPSA) is 35.2 Å². The highest BCUT2D eigenvalue weighted by molar-refractivity contribution is 5.66. The highest BCUT2D eigenvalue weighted by atomic mass is 19.1. The van der Waals surface area contributed by atoms with Crippen LogP contribution in [0.1, 0.15) is 24.8 Å². The van der Waals surface area contributed by atoms with Crippen molar-refractivity contribution in [3.05, 3.63) is 53.6 Å². The maximum Gasteiger partial charge on any atom is 0.165 e. The predicted molar refractivity (Wildman–Crippen MR) is 80.4 cm³/mol. The summed E-state index contributed by atoms with van der Waals surface area (Å²) in [6.07, 6.45) is 0.821. The third-order valence-electron chi connectivity index (χ3n) is 3.62. The Morgan fingerprint density at radius 2 is 1.86 bits per heavy atom. The van der Waals surface area contributed by atoms with Crippen molar-refractivity contribution in [2.24, 2.45) is 5.73 Å². The first-order valence-electron chi connectivity index (χ1n) is 6.90. The molecule has 2 aromatic rings. The van der Waals surface area contributed by atoms with Crippen LogP contribution in [0.3, 0.4) is 0 Å². The summed E-state index contributed by atoms with van der Waals surface area (Å²) in [5, 5.41) is 0. The maximum absolute atomic E-state index is 14.0. The Balaban J connectivity index is 2.43. The molecule has 2 N–H and O–H groups in total. The number of halogens is 2. The second-order valence-electron chi connectivity index (χ2n) is 5.07. The lowest BCUT2D eigenvalue weighted by Crippen LogP contribution is -2.05. The van der Waals surface area contributed by atoms with E-state index in [-0.39, 0.29) is 17.5 Å². The van der Waals surface area contributed by atoms with Crippen LogP contribution in [0, 0.1) is 11.6 Å². The number of methoxy groups -OCH3 is 1. The Morgan fingerprint density at radius 1 is 1.10 bits per heavy atom. The minimum atomic E-state index is -0.505. The number of nitrogens with two attached hydrogens (primary N) is 1. The second kappa shape index (κ2) is 6.68. The molecule has 0 aliphatic rings. The van der Waals surface area contributed by atoms with Gasteiger partial charge in [-0.1, -0.05) is 19.1 Å². The highest BCUT2D eigenvalue weighted by Gasteiger charge is 2.12. The summed E-state index contributed by atoms with van der Waals surface area (Å²) in [6, 6.07) is 9.36. The van der Waals surface area contributed by atoms with Gasteiger partial charge in [-0.15, -0.1) is 0 Å². The summed E-state index contributed by atoms with van der Waals surface area (Å²) in [7, 11) is 1.40. The van der Waals surface area contributed by atoms with Gasteiger partial charge in [0.15, 0.2) is 11.6 Å². The molecule has 0 fully saturated rings. The standard InChI is InChI=1S/C17H19F2NO/c1-11(7-8-20)12-3-5-15(18)14(9-12)13-4-6-17(21-2)16(19)10-13/h3-6,9-11H,7-8,20H2,1-2H3. The third kappa shape index (κ3) is 3.39. The second-order valence-corrected chi connectivity index (χ2v) is 5.07. The molecular formula is C17H19F2NO. The normalized spacial score (nSPS) is 12.2. The monoisotopic (exact) mass is 291 g/mol. The fourth-order valence-electron chi connectivity index (χ4n) is 2.32. The Kier molecular flexibility index (Phi) is 4.91. The van der Waals surface area contributed by atoms with Gasteiger partial charge in [0.05, 0.1) is 7.11 Å². The van der Waals surface area contributed by atoms with Crippen LogP contribution in [-0.4, -0.2) is 13.7 Å². The molecule has 4 heteroatoms. The molecule has 2 nitrogen and oxygen atoms in total. The van der Waals surface area contributed by atoms with Crippen LogP contribution >= 0.6 is 0 Å². The molecular weight excluding hydrogens is 272 g/mol. The molecule has 0 aliphatic heterocycles. The molecule has 0 amide bonds. The third-order valence-corrected chi connectivity index (χ3v) is 3.62. The van der Waals surface area contributed by atoms with Gasteiger partial charge < -0.3 is 10.5 Å². The van der Waals surface area contributed by atoms with Gasteiger partial charge in [-0.3, -0.25) is 0 Å². The van der Waals surface area contributed by atoms with Crippen LogP contribution in [0.5, 0.6) is 5.75 Å². The van der Waals surface area contributed by atoms with E-state index < -0.39 is 5.82 Å². The molecule has 0 aromatic heterocycles. The number of hydrogen-bond acceptors (Lipinski definition) is 2. The SMILES string of the molecule is COc1ccc(-c2cc(C(C)CCN)ccc2F)cc1F. The van der Waals surface area contributed by atoms with E-state index in [4.69, 9.17) is 10.5 Å². The van der Waals surface area contributed by atoms with Crippen LogP contribution in [-0.2, 0) is 0 Å². The van der Waals surface area contributed by atoms with Gasteiger partial charge >= 0.3 is 0 Å². The number of rotatable bonds is 5. The van der Waals surface area contributed by atoms with E-state index in [0.29, 0.717) is 17.7 Å². The Bertz CT molecular complexity index is 628. The van der Waals surface area contributed by atoms with Gasteiger partial charge in [-0.2, -0.15) is 0 Å². The lowest BCUT2D eigenvalue weighted by Gasteiger charge is -2.13. The quantitative estimate of drug-likeness (QED) is 0.900. The molecule has 1 atom stereocenters. The summed E-state index contributed by atoms with van der Waals surface area (Å²) in [4.78, 5) is 0. The first kappa shape index (κ1) is 15.4. The summed E-state index contributed by atoms with van der Waals surface area (Å²) in [5.41, 5.74) is 7.43. The molecule has 0 aliphatic carbocycles. The number of hydrogen-bond donors (Lipinski definition) is 1. The van der Waals surface area contributed by atoms with E-state index in [1.165, 1.54) is 25.3 Å². The molecule has 0 spiro atoms. The minimum Gasteiger partial charge on any atom is -0.494 e. The highest BCUT2D eigenvalue weighted by Crippen LogP contribution is 2.30. The van der Waals surface area contributed by atoms with Gasteiger partial charge in [-0.25, -0.2) is 8.78 Å². The zero-order valence-electron chi connectivity index (χ0n) is 12.2. The minimum absolute atomic E-state index is 0.145. The Labute approximate surface area is 123 Å². The lowest BCUT2D eigenvalue weighted by atomic mass is 9.93. The van der Waals surface area contributed by atoms with Crippen molar-refractivity contribution in [2.45, 2.75) is 19.3 Å². The zero-order chi connectivity index (χ0) is 15.4. The van der Waals surface area contributed by atoms with Crippen molar-refractivity contribution >= 4 is 0 Å². The average molecular weight is 291 g/mol. The molecule has 0 saturated heterocycles. The predicted octanol–water partition coefficient (Wildman–Crippen LogP) is 4.09. The maximum atomic E-state index is 14.0. The van der Waals surface area contributed by atoms with E-state index in [0.717, 1.165) is 12.0 Å². The molecule has 0 saturated carbocycles. The molecule has 21 heavy (non-hydrogen) atoms. The molecule has 1 unspecified atom stereocenters. The van der Waals surface area contributed by atoms with Crippen molar-refractivity contribution in [1.29, 1.82) is 0 Å². The molecule has 0 heterocycles. The van der Waals surface area contributed by atoms with E-state index in [1.54, 1.807) is 18.2 Å². The van der Waals surface area contributed by atoms with E-state index in [2.05, 4.69) is 0 Å². The van der Waals surface area contributed by atoms with Crippen LogP contribution in [0.25, 0.3) is 11.1 Å². The number of benzene rings is 2. The zero-order valence-corrected chi connectivity index (χ0v) is 12.2. The molecule has 0 radical (unpaired) electrons. The van der Waals surface area contributed by atoms with Gasteiger partial charge in [0, 0.05) is 5.56 Å². The molecule has 112 valence electrons. The van der Waals surface area contributed by atoms with Crippen molar-refractivity contribution in [2.75, 3.05) is 13.7 Å². The van der Waals surface area contributed by atoms with Crippen LogP contribution in [0.2, 0.25) is 0 Å². The smallest absolute Gasteiger partial charge is 0.165 e. The van der Waals surface area contributed by atoms with Crippen molar-refractivity contribution in [1.82, 2.24) is 0 Å². The van der Waals surface area contributed by atoms with Crippen LogP contribution in [0.15, 0.2) is 36.4 Å². The van der Waals surface area contributed by atoms with Crippen LogP contribution in [0.4, 0.5) is 8.78 Å². The lowest BCUT2D eigenvalue weighted by molar-refractivity contribution is 0.386. The summed E-state index contributed by atoms with van der Waals surface area (Å²) in [6.45, 7) is 2.61. The van der Waals surface area contributed by atoms with Crippen molar-refractivity contribution < 1.29 is 13.5 Å². The van der Waals surface area contributed by atoms with Crippen molar-refractivity contribution in [3.8, 4) is 16.9 Å². The van der Waals surface area contributed by atoms with Gasteiger partial charge in [0.2, 0.25) is 0 Å². The van der Waals surface area contributed by atoms with Gasteiger partial charge in [0.1, 0.15) is 5.82 Å². The van der Waals surface area contributed by atoms with Crippen molar-refractivity contribution in [3.63, 3.8) is 0 Å². The van der Waals surface area contributed by atoms with Crippen LogP contribution < -0.4 is 10.5 Å². The Morgan fingerprint density at radius 3 is 2.48 bits per heavy atom. The summed E-state index contributed by atoms with van der Waals surface area (Å²) in [5.74, 6) is -0.498. The first-order valence-corrected chi connectivity index (χ1v) is 6.90. The number of ether oxygens (including phenoxy) is 1. The fraction of sp³-hybridized carbons (Fsp3) is 0.294. The summed E-state index contributed by atoms with van der Waals surface area (Å²) >= 11 is 0. The average Bonchev–Trinajstić information content (AvgIpc) is 2.48. The van der Waals surface area contributed by atoms with Gasteiger partial charge in [0.25, 0.3) is 0 Å². The fourth-order valence-corrected chi connectivity index (χ4v) is 2.32. The largest absolute Gasteiger partial charge is 0.494 e. The van der Waals surface area contributed by atoms with Gasteiger partial charge in [-0.05, 0) is 54.3 Å². The van der Waals surface area contributed by atoms with E-state index >= 15 is 0 Å².